The lowest BCUT2D eigenvalue weighted by Gasteiger charge is -1.97. The fraction of sp³-hybridized carbons (Fsp3) is 0.143. The van der Waals surface area contributed by atoms with Crippen LogP contribution in [0, 0.1) is 0 Å². The van der Waals surface area contributed by atoms with Crippen LogP contribution in [-0.2, 0) is 0 Å². The molecule has 0 atom stereocenters. The summed E-state index contributed by atoms with van der Waals surface area (Å²) in [5.74, 6) is 0. The third-order valence-corrected chi connectivity index (χ3v) is 2.87. The molecule has 0 saturated carbocycles. The maximum absolute atomic E-state index is 10.4. The number of primary amides is 1. The summed E-state index contributed by atoms with van der Waals surface area (Å²) in [6.45, 7) is 1.69. The highest BCUT2D eigenvalue weighted by molar-refractivity contribution is 7.20. The Hall–Kier alpha value is -0.780. The van der Waals surface area contributed by atoms with Crippen LogP contribution in [0.25, 0.3) is 0 Å². The average molecular weight is 252 g/mol. The summed E-state index contributed by atoms with van der Waals surface area (Å²) in [6.07, 6.45) is 0. The fourth-order valence-electron chi connectivity index (χ4n) is 0.786. The van der Waals surface area contributed by atoms with Crippen LogP contribution < -0.4 is 11.2 Å². The Labute approximate surface area is 94.7 Å². The van der Waals surface area contributed by atoms with E-state index in [9.17, 15) is 4.79 Å². The number of thiophene rings is 1. The van der Waals surface area contributed by atoms with Crippen molar-refractivity contribution in [3.63, 3.8) is 0 Å². The van der Waals surface area contributed by atoms with E-state index in [2.05, 4.69) is 10.5 Å². The van der Waals surface area contributed by atoms with E-state index < -0.39 is 6.03 Å². The number of amides is 2. The van der Waals surface area contributed by atoms with Crippen LogP contribution >= 0.6 is 34.5 Å². The number of carbonyl (C=O) groups excluding carboxylic acids is 1. The number of carbonyl (C=O) groups is 1. The maximum Gasteiger partial charge on any atom is 0.332 e. The molecule has 1 aromatic heterocycles. The summed E-state index contributed by atoms with van der Waals surface area (Å²) in [7, 11) is 0. The number of nitrogens with one attached hydrogen (secondary N) is 1. The van der Waals surface area contributed by atoms with Crippen molar-refractivity contribution < 1.29 is 4.79 Å². The number of urea groups is 1. The number of hydrazone groups is 1. The minimum atomic E-state index is -0.721. The molecule has 14 heavy (non-hydrogen) atoms. The van der Waals surface area contributed by atoms with Crippen molar-refractivity contribution in [1.82, 2.24) is 5.43 Å². The Bertz CT molecular complexity index is 388. The second kappa shape index (κ2) is 4.63. The van der Waals surface area contributed by atoms with E-state index in [1.807, 2.05) is 0 Å². The molecule has 0 fully saturated rings. The molecule has 0 aromatic carbocycles. The molecule has 0 saturated heterocycles. The molecule has 0 radical (unpaired) electrons. The molecule has 0 bridgehead atoms. The normalized spacial score (nSPS) is 11.5. The molecular weight excluding hydrogens is 245 g/mol. The van der Waals surface area contributed by atoms with E-state index in [-0.39, 0.29) is 0 Å². The molecule has 76 valence electrons. The van der Waals surface area contributed by atoms with Gasteiger partial charge >= 0.3 is 6.03 Å². The van der Waals surface area contributed by atoms with Crippen LogP contribution in [0.2, 0.25) is 8.67 Å². The summed E-state index contributed by atoms with van der Waals surface area (Å²) in [6, 6.07) is 0.956. The lowest BCUT2D eigenvalue weighted by Crippen LogP contribution is -2.25. The topological polar surface area (TPSA) is 67.5 Å². The third-order valence-electron chi connectivity index (χ3n) is 1.38. The molecule has 3 N–H and O–H groups in total. The van der Waals surface area contributed by atoms with Crippen molar-refractivity contribution in [1.29, 1.82) is 0 Å². The third kappa shape index (κ3) is 2.87. The minimum absolute atomic E-state index is 0.530. The highest BCUT2D eigenvalue weighted by Crippen LogP contribution is 2.31. The van der Waals surface area contributed by atoms with E-state index in [1.165, 1.54) is 11.3 Å². The molecule has 2 amide bonds. The van der Waals surface area contributed by atoms with Gasteiger partial charge in [0.2, 0.25) is 0 Å². The molecule has 0 unspecified atom stereocenters. The number of nitrogens with zero attached hydrogens (tertiary/aromatic N) is 1. The molecule has 0 aliphatic carbocycles. The molecule has 1 heterocycles. The molecule has 0 aliphatic heterocycles. The highest BCUT2D eigenvalue weighted by atomic mass is 35.5. The molecule has 7 heteroatoms. The Balaban J connectivity index is 2.88. The van der Waals surface area contributed by atoms with Crippen molar-refractivity contribution in [2.75, 3.05) is 0 Å². The highest BCUT2D eigenvalue weighted by Gasteiger charge is 2.08. The van der Waals surface area contributed by atoms with Crippen LogP contribution in [0.15, 0.2) is 11.2 Å². The van der Waals surface area contributed by atoms with Gasteiger partial charge in [0.05, 0.1) is 10.0 Å². The largest absolute Gasteiger partial charge is 0.350 e. The first-order chi connectivity index (χ1) is 6.50. The minimum Gasteiger partial charge on any atom is -0.350 e. The zero-order chi connectivity index (χ0) is 10.7. The van der Waals surface area contributed by atoms with E-state index in [0.717, 1.165) is 0 Å². The average Bonchev–Trinajstić information content (AvgIpc) is 2.41. The number of hydrogen-bond acceptors (Lipinski definition) is 3. The lowest BCUT2D eigenvalue weighted by molar-refractivity contribution is 0.249. The molecule has 1 aromatic rings. The smallest absolute Gasteiger partial charge is 0.332 e. The Morgan fingerprint density at radius 2 is 2.29 bits per heavy atom. The molecule has 0 aliphatic rings. The number of halogens is 2. The van der Waals surface area contributed by atoms with Gasteiger partial charge in [-0.3, -0.25) is 0 Å². The van der Waals surface area contributed by atoms with E-state index in [0.29, 0.717) is 19.9 Å². The van der Waals surface area contributed by atoms with Crippen LogP contribution in [0.5, 0.6) is 0 Å². The zero-order valence-electron chi connectivity index (χ0n) is 7.17. The second-order valence-corrected chi connectivity index (χ2v) is 4.70. The Morgan fingerprint density at radius 3 is 2.71 bits per heavy atom. The SMILES string of the molecule is CC(=NNC(N)=O)c1cc(Cl)sc1Cl. The quantitative estimate of drug-likeness (QED) is 0.616. The van der Waals surface area contributed by atoms with Crippen molar-refractivity contribution >= 4 is 46.3 Å². The predicted molar refractivity (Wildman–Crippen MR) is 59.3 cm³/mol. The molecule has 0 spiro atoms. The summed E-state index contributed by atoms with van der Waals surface area (Å²) >= 11 is 12.8. The van der Waals surface area contributed by atoms with Crippen LogP contribution in [0.4, 0.5) is 4.79 Å². The first kappa shape index (κ1) is 11.3. The second-order valence-electron chi connectivity index (χ2n) is 2.41. The van der Waals surface area contributed by atoms with Gasteiger partial charge in [0.15, 0.2) is 0 Å². The molecular formula is C7H7Cl2N3OS. The standard InChI is InChI=1S/C7H7Cl2N3OS/c1-3(11-12-7(10)13)4-2-5(8)14-6(4)9/h2H,1H3,(H3,10,12,13). The van der Waals surface area contributed by atoms with Gasteiger partial charge in [0.25, 0.3) is 0 Å². The summed E-state index contributed by atoms with van der Waals surface area (Å²) in [5, 5.41) is 3.72. The van der Waals surface area contributed by atoms with Gasteiger partial charge in [0.1, 0.15) is 4.34 Å². The van der Waals surface area contributed by atoms with E-state index >= 15 is 0 Å². The number of rotatable bonds is 2. The predicted octanol–water partition coefficient (Wildman–Crippen LogP) is 2.45. The maximum atomic E-state index is 10.4. The first-order valence-electron chi connectivity index (χ1n) is 3.55. The number of nitrogens with two attached hydrogens (primary N) is 1. The van der Waals surface area contributed by atoms with Crippen molar-refractivity contribution in [2.45, 2.75) is 6.92 Å². The lowest BCUT2D eigenvalue weighted by atomic mass is 10.2. The molecule has 4 nitrogen and oxygen atoms in total. The fourth-order valence-corrected chi connectivity index (χ4v) is 2.35. The van der Waals surface area contributed by atoms with Gasteiger partial charge in [-0.2, -0.15) is 5.10 Å². The van der Waals surface area contributed by atoms with Crippen LogP contribution in [0.1, 0.15) is 12.5 Å². The first-order valence-corrected chi connectivity index (χ1v) is 5.13. The molecule has 1 rings (SSSR count). The monoisotopic (exact) mass is 251 g/mol. The summed E-state index contributed by atoms with van der Waals surface area (Å²) in [5.41, 5.74) is 8.20. The van der Waals surface area contributed by atoms with Crippen molar-refractivity contribution in [3.05, 3.63) is 20.3 Å². The van der Waals surface area contributed by atoms with E-state index in [4.69, 9.17) is 28.9 Å². The van der Waals surface area contributed by atoms with Gasteiger partial charge in [-0.15, -0.1) is 11.3 Å². The zero-order valence-corrected chi connectivity index (χ0v) is 9.50. The van der Waals surface area contributed by atoms with Gasteiger partial charge in [-0.25, -0.2) is 10.2 Å². The van der Waals surface area contributed by atoms with Crippen LogP contribution in [0.3, 0.4) is 0 Å². The van der Waals surface area contributed by atoms with Gasteiger partial charge < -0.3 is 5.73 Å². The Kier molecular flexibility index (Phi) is 3.74. The van der Waals surface area contributed by atoms with Gasteiger partial charge in [-0.05, 0) is 13.0 Å². The Morgan fingerprint density at radius 1 is 1.64 bits per heavy atom. The van der Waals surface area contributed by atoms with Gasteiger partial charge in [-0.1, -0.05) is 23.2 Å². The number of hydrogen-bond donors (Lipinski definition) is 2. The van der Waals surface area contributed by atoms with E-state index in [1.54, 1.807) is 13.0 Å². The summed E-state index contributed by atoms with van der Waals surface area (Å²) < 4.78 is 1.10. The van der Waals surface area contributed by atoms with Crippen LogP contribution in [-0.4, -0.2) is 11.7 Å². The van der Waals surface area contributed by atoms with Crippen molar-refractivity contribution in [3.8, 4) is 0 Å². The van der Waals surface area contributed by atoms with Gasteiger partial charge in [0, 0.05) is 5.56 Å². The van der Waals surface area contributed by atoms with Crippen molar-refractivity contribution in [2.24, 2.45) is 10.8 Å². The summed E-state index contributed by atoms with van der Waals surface area (Å²) in [4.78, 5) is 10.4.